The van der Waals surface area contributed by atoms with Crippen molar-refractivity contribution >= 4 is 25.3 Å². The minimum Gasteiger partial charge on any atom is -0.355 e. The van der Waals surface area contributed by atoms with Crippen LogP contribution in [0.25, 0.3) is 0 Å². The van der Waals surface area contributed by atoms with Crippen LogP contribution in [0.1, 0.15) is 68.7 Å². The molecule has 1 unspecified atom stereocenters. The van der Waals surface area contributed by atoms with Crippen molar-refractivity contribution in [2.24, 2.45) is 11.7 Å². The number of nitrogens with zero attached hydrogens (tertiary/aromatic N) is 2. The summed E-state index contributed by atoms with van der Waals surface area (Å²) < 4.78 is 16.9. The third-order valence-electron chi connectivity index (χ3n) is 4.20. The van der Waals surface area contributed by atoms with Crippen LogP contribution in [0.5, 0.6) is 0 Å². The molecule has 6 nitrogen and oxygen atoms in total. The van der Waals surface area contributed by atoms with Crippen molar-refractivity contribution in [1.29, 1.82) is 0 Å². The molecule has 0 aromatic carbocycles. The average Bonchev–Trinajstić information content (AvgIpc) is 2.58. The van der Waals surface area contributed by atoms with E-state index in [1.165, 1.54) is 11.8 Å². The normalized spacial score (nSPS) is 13.9. The number of hydrogen-bond donors (Lipinski definition) is 1. The molecule has 0 aliphatic heterocycles. The summed E-state index contributed by atoms with van der Waals surface area (Å²) >= 11 is 1.35. The number of carbonyl (C=O) groups excluding carboxylic acids is 1. The van der Waals surface area contributed by atoms with Gasteiger partial charge in [0.2, 0.25) is 0 Å². The standard InChI is InChI=1S/C20H44N3O3PS/c1-15(2)22(16(3)4)27(23(17(5)6)18(7)8)26-14-25-11-10-12-28-20(24)19(9)13-21/h15-19H,10-14,21H2,1-9H3. The van der Waals surface area contributed by atoms with Crippen molar-refractivity contribution in [3.05, 3.63) is 0 Å². The zero-order chi connectivity index (χ0) is 21.9. The number of nitrogens with two attached hydrogens (primary N) is 1. The third-order valence-corrected chi connectivity index (χ3v) is 8.35. The van der Waals surface area contributed by atoms with Gasteiger partial charge < -0.3 is 15.0 Å². The third kappa shape index (κ3) is 10.3. The predicted molar refractivity (Wildman–Crippen MR) is 123 cm³/mol. The quantitative estimate of drug-likeness (QED) is 0.226. The van der Waals surface area contributed by atoms with Gasteiger partial charge in [-0.05, 0) is 61.8 Å². The molecular weight excluding hydrogens is 393 g/mol. The van der Waals surface area contributed by atoms with E-state index in [0.29, 0.717) is 37.3 Å². The number of thioether (sulfide) groups is 1. The molecule has 0 amide bonds. The van der Waals surface area contributed by atoms with Crippen LogP contribution in [0.4, 0.5) is 0 Å². The zero-order valence-electron chi connectivity index (χ0n) is 19.5. The Labute approximate surface area is 179 Å². The van der Waals surface area contributed by atoms with Gasteiger partial charge in [-0.1, -0.05) is 18.7 Å². The molecule has 0 aliphatic rings. The van der Waals surface area contributed by atoms with Crippen LogP contribution in [0.2, 0.25) is 0 Å². The van der Waals surface area contributed by atoms with Gasteiger partial charge in [-0.3, -0.25) is 4.79 Å². The van der Waals surface area contributed by atoms with E-state index < -0.39 is 8.45 Å². The van der Waals surface area contributed by atoms with Gasteiger partial charge in [0.25, 0.3) is 0 Å². The molecule has 0 saturated heterocycles. The summed E-state index contributed by atoms with van der Waals surface area (Å²) in [5, 5.41) is 0.163. The highest BCUT2D eigenvalue weighted by molar-refractivity contribution is 8.13. The molecule has 1 atom stereocenters. The van der Waals surface area contributed by atoms with E-state index in [1.54, 1.807) is 0 Å². The minimum atomic E-state index is -0.923. The Kier molecular flexibility index (Phi) is 15.2. The first kappa shape index (κ1) is 28.2. The first-order valence-corrected chi connectivity index (χ1v) is 12.6. The fourth-order valence-corrected chi connectivity index (χ4v) is 6.05. The number of ether oxygens (including phenoxy) is 1. The van der Waals surface area contributed by atoms with Crippen molar-refractivity contribution in [2.75, 3.05) is 25.7 Å². The van der Waals surface area contributed by atoms with E-state index in [9.17, 15) is 4.79 Å². The second-order valence-corrected chi connectivity index (χ2v) is 11.0. The van der Waals surface area contributed by atoms with Gasteiger partial charge >= 0.3 is 0 Å². The molecule has 0 fully saturated rings. The summed E-state index contributed by atoms with van der Waals surface area (Å²) in [6.45, 7) is 20.9. The van der Waals surface area contributed by atoms with Crippen molar-refractivity contribution in [3.63, 3.8) is 0 Å². The molecule has 0 aromatic rings. The maximum absolute atomic E-state index is 11.8. The Balaban J connectivity index is 4.63. The van der Waals surface area contributed by atoms with E-state index in [-0.39, 0.29) is 17.8 Å². The summed E-state index contributed by atoms with van der Waals surface area (Å²) in [4.78, 5) is 11.8. The molecule has 0 spiro atoms. The molecular formula is C20H44N3O3PS. The lowest BCUT2D eigenvalue weighted by Gasteiger charge is -2.45. The Hall–Kier alpha value is 0.250. The van der Waals surface area contributed by atoms with Crippen molar-refractivity contribution in [1.82, 2.24) is 9.34 Å². The molecule has 0 radical (unpaired) electrons. The van der Waals surface area contributed by atoms with Gasteiger partial charge in [0, 0.05) is 42.4 Å². The molecule has 0 bridgehead atoms. The second-order valence-electron chi connectivity index (χ2n) is 8.20. The molecule has 0 rings (SSSR count). The topological polar surface area (TPSA) is 68.0 Å². The molecule has 0 saturated carbocycles. The Morgan fingerprint density at radius 3 is 1.79 bits per heavy atom. The van der Waals surface area contributed by atoms with Crippen molar-refractivity contribution in [2.45, 2.75) is 92.9 Å². The highest BCUT2D eigenvalue weighted by Crippen LogP contribution is 2.50. The van der Waals surface area contributed by atoms with Gasteiger partial charge in [-0.15, -0.1) is 0 Å². The van der Waals surface area contributed by atoms with Crippen LogP contribution in [-0.4, -0.2) is 64.3 Å². The van der Waals surface area contributed by atoms with E-state index >= 15 is 0 Å². The lowest BCUT2D eigenvalue weighted by atomic mass is 10.2. The molecule has 2 N–H and O–H groups in total. The fourth-order valence-electron chi connectivity index (χ4n) is 2.95. The fraction of sp³-hybridized carbons (Fsp3) is 0.950. The summed E-state index contributed by atoms with van der Waals surface area (Å²) in [5.74, 6) is 0.681. The Morgan fingerprint density at radius 1 is 0.929 bits per heavy atom. The Morgan fingerprint density at radius 2 is 1.39 bits per heavy atom. The first-order valence-electron chi connectivity index (χ1n) is 10.5. The van der Waals surface area contributed by atoms with Gasteiger partial charge in [-0.25, -0.2) is 9.34 Å². The molecule has 0 heterocycles. The largest absolute Gasteiger partial charge is 0.355 e. The number of rotatable bonds is 15. The van der Waals surface area contributed by atoms with Gasteiger partial charge in [-0.2, -0.15) is 0 Å². The smallest absolute Gasteiger partial charge is 0.193 e. The predicted octanol–water partition coefficient (Wildman–Crippen LogP) is 4.69. The van der Waals surface area contributed by atoms with Gasteiger partial charge in [0.15, 0.2) is 20.4 Å². The summed E-state index contributed by atoms with van der Waals surface area (Å²) in [5.41, 5.74) is 5.52. The molecule has 168 valence electrons. The molecule has 0 aliphatic carbocycles. The van der Waals surface area contributed by atoms with E-state index in [0.717, 1.165) is 12.2 Å². The highest BCUT2D eigenvalue weighted by atomic mass is 32.2. The van der Waals surface area contributed by atoms with Gasteiger partial charge in [0.05, 0.1) is 6.61 Å². The lowest BCUT2D eigenvalue weighted by Crippen LogP contribution is -2.43. The number of hydrogen-bond acceptors (Lipinski definition) is 7. The van der Waals surface area contributed by atoms with Crippen LogP contribution < -0.4 is 5.73 Å². The Bertz CT molecular complexity index is 390. The first-order chi connectivity index (χ1) is 13.0. The van der Waals surface area contributed by atoms with Crippen molar-refractivity contribution < 1.29 is 14.1 Å². The number of carbonyl (C=O) groups is 1. The zero-order valence-corrected chi connectivity index (χ0v) is 21.2. The maximum atomic E-state index is 11.8. The van der Waals surface area contributed by atoms with Crippen LogP contribution in [0, 0.1) is 5.92 Å². The second kappa shape index (κ2) is 15.1. The summed E-state index contributed by atoms with van der Waals surface area (Å²) in [7, 11) is -0.923. The van der Waals surface area contributed by atoms with Crippen LogP contribution in [0.3, 0.4) is 0 Å². The highest BCUT2D eigenvalue weighted by Gasteiger charge is 2.34. The van der Waals surface area contributed by atoms with Crippen molar-refractivity contribution in [3.8, 4) is 0 Å². The SMILES string of the molecule is CC(CN)C(=O)SCCCOCOP(N(C(C)C)C(C)C)N(C(C)C)C(C)C. The van der Waals surface area contributed by atoms with Crippen LogP contribution >= 0.6 is 20.2 Å². The van der Waals surface area contributed by atoms with E-state index in [4.69, 9.17) is 15.0 Å². The minimum absolute atomic E-state index is 0.0751. The lowest BCUT2D eigenvalue weighted by molar-refractivity contribution is -0.113. The monoisotopic (exact) mass is 437 g/mol. The van der Waals surface area contributed by atoms with Crippen LogP contribution in [-0.2, 0) is 14.1 Å². The van der Waals surface area contributed by atoms with E-state index in [2.05, 4.69) is 64.7 Å². The summed E-state index contributed by atoms with van der Waals surface area (Å²) in [6, 6.07) is 1.55. The average molecular weight is 438 g/mol. The molecule has 8 heteroatoms. The summed E-state index contributed by atoms with van der Waals surface area (Å²) in [6.07, 6.45) is 0.825. The van der Waals surface area contributed by atoms with Crippen LogP contribution in [0.15, 0.2) is 0 Å². The van der Waals surface area contributed by atoms with Gasteiger partial charge in [0.1, 0.15) is 0 Å². The maximum Gasteiger partial charge on any atom is 0.193 e. The van der Waals surface area contributed by atoms with E-state index in [1.807, 2.05) is 6.92 Å². The molecule has 0 aromatic heterocycles. The molecule has 28 heavy (non-hydrogen) atoms.